The van der Waals surface area contributed by atoms with Gasteiger partial charge >= 0.3 is 20.6 Å². The van der Waals surface area contributed by atoms with Crippen molar-refractivity contribution >= 4 is 8.80 Å². The van der Waals surface area contributed by atoms with Gasteiger partial charge in [0.05, 0.1) is 0 Å². The third-order valence-electron chi connectivity index (χ3n) is 2.85. The number of rotatable bonds is 7. The molecule has 1 fully saturated rings. The van der Waals surface area contributed by atoms with Crippen LogP contribution in [-0.4, -0.2) is 40.5 Å². The Labute approximate surface area is 105 Å². The molecule has 0 saturated heterocycles. The largest absolute Gasteiger partial charge is 0.510 e. The lowest BCUT2D eigenvalue weighted by Crippen LogP contribution is -2.68. The van der Waals surface area contributed by atoms with E-state index in [-0.39, 0.29) is 19.8 Å². The standard InChI is InChI=1S/C10H18F4O3Si/c1-4-15-18(16-5-2,17-6-3)8-7-9(11,12)10(8,13)14/h8H,4-7H2,1-3H3. The van der Waals surface area contributed by atoms with Crippen LogP contribution in [0, 0.1) is 0 Å². The van der Waals surface area contributed by atoms with E-state index >= 15 is 0 Å². The summed E-state index contributed by atoms with van der Waals surface area (Å²) in [5.41, 5.74) is -1.67. The van der Waals surface area contributed by atoms with Crippen molar-refractivity contribution in [1.82, 2.24) is 0 Å². The van der Waals surface area contributed by atoms with Crippen LogP contribution < -0.4 is 0 Å². The molecular weight excluding hydrogens is 272 g/mol. The summed E-state index contributed by atoms with van der Waals surface area (Å²) in [4.78, 5) is 0. The maximum atomic E-state index is 13.5. The van der Waals surface area contributed by atoms with Gasteiger partial charge in [0.15, 0.2) is 0 Å². The molecule has 0 N–H and O–H groups in total. The van der Waals surface area contributed by atoms with Crippen molar-refractivity contribution in [2.45, 2.75) is 44.6 Å². The maximum Gasteiger partial charge on any atom is 0.510 e. The van der Waals surface area contributed by atoms with E-state index in [0.29, 0.717) is 0 Å². The summed E-state index contributed by atoms with van der Waals surface area (Å²) in [7, 11) is -3.77. The number of halogens is 4. The van der Waals surface area contributed by atoms with Crippen LogP contribution in [0.3, 0.4) is 0 Å². The minimum Gasteiger partial charge on any atom is -0.373 e. The lowest BCUT2D eigenvalue weighted by atomic mass is 9.88. The molecule has 0 radical (unpaired) electrons. The Hall–Kier alpha value is -0.183. The predicted octanol–water partition coefficient (Wildman–Crippen LogP) is 3.08. The Morgan fingerprint density at radius 2 is 1.33 bits per heavy atom. The second kappa shape index (κ2) is 5.44. The van der Waals surface area contributed by atoms with Crippen LogP contribution in [-0.2, 0) is 13.3 Å². The van der Waals surface area contributed by atoms with Crippen LogP contribution in [0.4, 0.5) is 17.6 Å². The molecular formula is C10H18F4O3Si. The maximum absolute atomic E-state index is 13.5. The molecule has 1 aliphatic carbocycles. The monoisotopic (exact) mass is 290 g/mol. The Morgan fingerprint density at radius 3 is 1.56 bits per heavy atom. The first-order valence-corrected chi connectivity index (χ1v) is 7.75. The summed E-state index contributed by atoms with van der Waals surface area (Å²) in [6.07, 6.45) is -0.952. The van der Waals surface area contributed by atoms with Crippen molar-refractivity contribution in [3.63, 3.8) is 0 Å². The number of hydrogen-bond acceptors (Lipinski definition) is 3. The molecule has 3 nitrogen and oxygen atoms in total. The molecule has 18 heavy (non-hydrogen) atoms. The van der Waals surface area contributed by atoms with Crippen molar-refractivity contribution in [3.8, 4) is 0 Å². The Bertz CT molecular complexity index is 271. The smallest absolute Gasteiger partial charge is 0.373 e. The summed E-state index contributed by atoms with van der Waals surface area (Å²) < 4.78 is 68.5. The van der Waals surface area contributed by atoms with E-state index in [1.54, 1.807) is 20.8 Å². The van der Waals surface area contributed by atoms with Crippen molar-refractivity contribution in [2.75, 3.05) is 19.8 Å². The SMILES string of the molecule is CCO[Si](OCC)(OCC)C1CC(F)(F)C1(F)F. The zero-order chi connectivity index (χ0) is 14.0. The van der Waals surface area contributed by atoms with Crippen LogP contribution in [0.5, 0.6) is 0 Å². The van der Waals surface area contributed by atoms with Gasteiger partial charge in [-0.3, -0.25) is 0 Å². The molecule has 0 bridgehead atoms. The average molecular weight is 290 g/mol. The zero-order valence-electron chi connectivity index (χ0n) is 10.6. The Morgan fingerprint density at radius 1 is 0.944 bits per heavy atom. The highest BCUT2D eigenvalue weighted by molar-refractivity contribution is 6.63. The van der Waals surface area contributed by atoms with Gasteiger partial charge < -0.3 is 13.3 Å². The molecule has 0 heterocycles. The van der Waals surface area contributed by atoms with Gasteiger partial charge in [0.2, 0.25) is 0 Å². The highest BCUT2D eigenvalue weighted by atomic mass is 28.4. The number of hydrogen-bond donors (Lipinski definition) is 0. The molecule has 1 rings (SSSR count). The fraction of sp³-hybridized carbons (Fsp3) is 1.00. The molecule has 1 saturated carbocycles. The van der Waals surface area contributed by atoms with Crippen molar-refractivity contribution < 1.29 is 30.8 Å². The van der Waals surface area contributed by atoms with Gasteiger partial charge in [0.25, 0.3) is 0 Å². The van der Waals surface area contributed by atoms with Gasteiger partial charge in [-0.25, -0.2) is 0 Å². The van der Waals surface area contributed by atoms with E-state index in [2.05, 4.69) is 0 Å². The summed E-state index contributed by atoms with van der Waals surface area (Å²) >= 11 is 0. The van der Waals surface area contributed by atoms with E-state index < -0.39 is 32.6 Å². The average Bonchev–Trinajstić information content (AvgIpc) is 2.27. The van der Waals surface area contributed by atoms with Crippen LogP contribution in [0.2, 0.25) is 5.54 Å². The van der Waals surface area contributed by atoms with Gasteiger partial charge in [-0.05, 0) is 20.8 Å². The van der Waals surface area contributed by atoms with Gasteiger partial charge in [-0.15, -0.1) is 0 Å². The van der Waals surface area contributed by atoms with Gasteiger partial charge in [0, 0.05) is 26.2 Å². The molecule has 1 aliphatic rings. The third kappa shape index (κ3) is 2.43. The lowest BCUT2D eigenvalue weighted by Gasteiger charge is -2.49. The minimum atomic E-state index is -4.13. The molecule has 0 aromatic carbocycles. The first kappa shape index (κ1) is 15.9. The summed E-state index contributed by atoms with van der Waals surface area (Å²) in [5, 5.41) is 0. The molecule has 0 amide bonds. The van der Waals surface area contributed by atoms with Crippen molar-refractivity contribution in [3.05, 3.63) is 0 Å². The molecule has 0 aromatic heterocycles. The first-order valence-electron chi connectivity index (χ1n) is 5.94. The topological polar surface area (TPSA) is 27.7 Å². The van der Waals surface area contributed by atoms with E-state index in [9.17, 15) is 17.6 Å². The van der Waals surface area contributed by atoms with Crippen LogP contribution in [0.1, 0.15) is 27.2 Å². The quantitative estimate of drug-likeness (QED) is 0.533. The third-order valence-corrected chi connectivity index (χ3v) is 6.34. The van der Waals surface area contributed by atoms with Crippen molar-refractivity contribution in [1.29, 1.82) is 0 Å². The van der Waals surface area contributed by atoms with E-state index in [4.69, 9.17) is 13.3 Å². The molecule has 108 valence electrons. The van der Waals surface area contributed by atoms with E-state index in [1.165, 1.54) is 0 Å². The van der Waals surface area contributed by atoms with Crippen LogP contribution >= 0.6 is 0 Å². The normalized spacial score (nSPS) is 25.8. The minimum absolute atomic E-state index is 0.0877. The molecule has 0 spiro atoms. The highest BCUT2D eigenvalue weighted by Gasteiger charge is 2.80. The molecule has 1 atom stereocenters. The molecule has 0 aromatic rings. The van der Waals surface area contributed by atoms with E-state index in [0.717, 1.165) is 0 Å². The Balaban J connectivity index is 2.97. The summed E-state index contributed by atoms with van der Waals surface area (Å²) in [5.74, 6) is -8.13. The molecule has 8 heteroatoms. The fourth-order valence-corrected chi connectivity index (χ4v) is 5.24. The number of alkyl halides is 4. The lowest BCUT2D eigenvalue weighted by molar-refractivity contribution is -0.285. The van der Waals surface area contributed by atoms with Gasteiger partial charge in [-0.2, -0.15) is 17.6 Å². The van der Waals surface area contributed by atoms with Crippen LogP contribution in [0.25, 0.3) is 0 Å². The highest BCUT2D eigenvalue weighted by Crippen LogP contribution is 2.62. The zero-order valence-corrected chi connectivity index (χ0v) is 11.6. The van der Waals surface area contributed by atoms with Gasteiger partial charge in [-0.1, -0.05) is 0 Å². The predicted molar refractivity (Wildman–Crippen MR) is 58.9 cm³/mol. The fourth-order valence-electron chi connectivity index (χ4n) is 2.02. The second-order valence-electron chi connectivity index (χ2n) is 3.99. The Kier molecular flexibility index (Phi) is 4.79. The first-order chi connectivity index (χ1) is 8.27. The summed E-state index contributed by atoms with van der Waals surface area (Å²) in [6, 6.07) is 0. The van der Waals surface area contributed by atoms with Gasteiger partial charge in [0.1, 0.15) is 5.54 Å². The van der Waals surface area contributed by atoms with Crippen molar-refractivity contribution in [2.24, 2.45) is 0 Å². The van der Waals surface area contributed by atoms with E-state index in [1.807, 2.05) is 0 Å². The molecule has 0 aliphatic heterocycles. The summed E-state index contributed by atoms with van der Waals surface area (Å²) in [6.45, 7) is 5.04. The molecule has 1 unspecified atom stereocenters. The second-order valence-corrected chi connectivity index (χ2v) is 6.76. The van der Waals surface area contributed by atoms with Crippen LogP contribution in [0.15, 0.2) is 0 Å².